The molecule has 2 aliphatic carbocycles. The molecule has 0 aromatic carbocycles. The summed E-state index contributed by atoms with van der Waals surface area (Å²) >= 11 is 0. The van der Waals surface area contributed by atoms with Crippen LogP contribution >= 0.6 is 0 Å². The maximum atomic E-state index is 12.6. The van der Waals surface area contributed by atoms with E-state index in [1.807, 2.05) is 23.2 Å². The normalized spacial score (nSPS) is 33.7. The first-order valence-corrected chi connectivity index (χ1v) is 7.38. The predicted octanol–water partition coefficient (Wildman–Crippen LogP) is 1.67. The maximum Gasteiger partial charge on any atom is 0.270 e. The molecule has 4 nitrogen and oxygen atoms in total. The van der Waals surface area contributed by atoms with Gasteiger partial charge in [-0.25, -0.2) is 0 Å². The largest absolute Gasteiger partial charge is 0.393 e. The molecular formula is C15H20N2O2. The smallest absolute Gasteiger partial charge is 0.270 e. The molecule has 1 amide bonds. The Morgan fingerprint density at radius 3 is 2.79 bits per heavy atom. The van der Waals surface area contributed by atoms with E-state index in [1.54, 1.807) is 0 Å². The number of fused-ring (bicyclic) bond motifs is 1. The van der Waals surface area contributed by atoms with E-state index in [4.69, 9.17) is 0 Å². The number of aromatic nitrogens is 1. The van der Waals surface area contributed by atoms with Crippen LogP contribution in [0.15, 0.2) is 18.3 Å². The Balaban J connectivity index is 1.53. The maximum absolute atomic E-state index is 12.6. The summed E-state index contributed by atoms with van der Waals surface area (Å²) < 4.78 is 2.13. The fourth-order valence-corrected chi connectivity index (χ4v) is 3.81. The highest BCUT2D eigenvalue weighted by Gasteiger charge is 2.44. The molecule has 3 atom stereocenters. The van der Waals surface area contributed by atoms with Crippen LogP contribution in [0.3, 0.4) is 0 Å². The SMILES string of the molecule is O=C(c1cccn1C1CC1)N1CC2CCC(O)C2C1. The zero-order valence-electron chi connectivity index (χ0n) is 11.0. The third-order valence-electron chi connectivity index (χ3n) is 5.04. The lowest BCUT2D eigenvalue weighted by atomic mass is 10.00. The molecule has 1 aliphatic heterocycles. The highest BCUT2D eigenvalue weighted by molar-refractivity contribution is 5.93. The Bertz CT molecular complexity index is 506. The van der Waals surface area contributed by atoms with Gasteiger partial charge in [0.05, 0.1) is 6.10 Å². The van der Waals surface area contributed by atoms with Crippen LogP contribution in [0.5, 0.6) is 0 Å². The molecule has 1 aromatic rings. The number of aliphatic hydroxyl groups is 1. The summed E-state index contributed by atoms with van der Waals surface area (Å²) in [4.78, 5) is 14.6. The lowest BCUT2D eigenvalue weighted by Gasteiger charge is -2.19. The molecule has 1 N–H and O–H groups in total. The first-order valence-electron chi connectivity index (χ1n) is 7.38. The number of likely N-dealkylation sites (tertiary alicyclic amines) is 1. The van der Waals surface area contributed by atoms with Crippen LogP contribution in [0.2, 0.25) is 0 Å². The van der Waals surface area contributed by atoms with Gasteiger partial charge in [0.25, 0.3) is 5.91 Å². The molecule has 4 heteroatoms. The van der Waals surface area contributed by atoms with Crippen molar-refractivity contribution in [2.24, 2.45) is 11.8 Å². The van der Waals surface area contributed by atoms with E-state index in [2.05, 4.69) is 4.57 Å². The van der Waals surface area contributed by atoms with Gasteiger partial charge in [0.15, 0.2) is 0 Å². The van der Waals surface area contributed by atoms with E-state index in [1.165, 1.54) is 12.8 Å². The predicted molar refractivity (Wildman–Crippen MR) is 70.8 cm³/mol. The lowest BCUT2D eigenvalue weighted by molar-refractivity contribution is 0.0742. The van der Waals surface area contributed by atoms with E-state index in [9.17, 15) is 9.90 Å². The molecule has 1 saturated heterocycles. The average molecular weight is 260 g/mol. The number of carbonyl (C=O) groups excluding carboxylic acids is 1. The van der Waals surface area contributed by atoms with Crippen molar-refractivity contribution in [2.45, 2.75) is 37.8 Å². The lowest BCUT2D eigenvalue weighted by Crippen LogP contribution is -2.32. The minimum Gasteiger partial charge on any atom is -0.393 e. The number of carbonyl (C=O) groups is 1. The van der Waals surface area contributed by atoms with Crippen LogP contribution < -0.4 is 0 Å². The molecule has 4 rings (SSSR count). The molecule has 102 valence electrons. The van der Waals surface area contributed by atoms with Crippen molar-refractivity contribution in [2.75, 3.05) is 13.1 Å². The van der Waals surface area contributed by atoms with Crippen molar-refractivity contribution in [3.05, 3.63) is 24.0 Å². The number of hydrogen-bond acceptors (Lipinski definition) is 2. The van der Waals surface area contributed by atoms with Crippen LogP contribution in [0.4, 0.5) is 0 Å². The summed E-state index contributed by atoms with van der Waals surface area (Å²) in [7, 11) is 0. The highest BCUT2D eigenvalue weighted by Crippen LogP contribution is 2.40. The van der Waals surface area contributed by atoms with Crippen molar-refractivity contribution < 1.29 is 9.90 Å². The van der Waals surface area contributed by atoms with Gasteiger partial charge in [-0.1, -0.05) is 0 Å². The molecule has 3 aliphatic rings. The van der Waals surface area contributed by atoms with Crippen molar-refractivity contribution in [1.29, 1.82) is 0 Å². The van der Waals surface area contributed by atoms with Gasteiger partial charge in [-0.2, -0.15) is 0 Å². The summed E-state index contributed by atoms with van der Waals surface area (Å²) in [5.41, 5.74) is 0.831. The summed E-state index contributed by atoms with van der Waals surface area (Å²) in [6.07, 6.45) is 6.20. The number of rotatable bonds is 2. The third-order valence-corrected chi connectivity index (χ3v) is 5.04. The molecule has 2 heterocycles. The minimum absolute atomic E-state index is 0.151. The number of amides is 1. The van der Waals surface area contributed by atoms with Crippen molar-refractivity contribution >= 4 is 5.91 Å². The van der Waals surface area contributed by atoms with Gasteiger partial charge in [-0.3, -0.25) is 4.79 Å². The van der Waals surface area contributed by atoms with Crippen LogP contribution in [-0.4, -0.2) is 39.7 Å². The Labute approximate surface area is 113 Å². The third kappa shape index (κ3) is 1.81. The van der Waals surface area contributed by atoms with E-state index < -0.39 is 0 Å². The van der Waals surface area contributed by atoms with E-state index in [-0.39, 0.29) is 12.0 Å². The second kappa shape index (κ2) is 4.10. The minimum atomic E-state index is -0.196. The highest BCUT2D eigenvalue weighted by atomic mass is 16.3. The molecule has 3 fully saturated rings. The fraction of sp³-hybridized carbons (Fsp3) is 0.667. The van der Waals surface area contributed by atoms with Crippen molar-refractivity contribution in [3.8, 4) is 0 Å². The van der Waals surface area contributed by atoms with Crippen LogP contribution in [-0.2, 0) is 0 Å². The molecule has 19 heavy (non-hydrogen) atoms. The second-order valence-electron chi connectivity index (χ2n) is 6.31. The molecule has 0 radical (unpaired) electrons. The van der Waals surface area contributed by atoms with Crippen LogP contribution in [0, 0.1) is 11.8 Å². The standard InChI is InChI=1S/C15H20N2O2/c18-14-6-3-10-8-16(9-12(10)14)15(19)13-2-1-7-17(13)11-4-5-11/h1-2,7,10-12,14,18H,3-6,8-9H2. The molecule has 1 aromatic heterocycles. The van der Waals surface area contributed by atoms with Crippen molar-refractivity contribution in [1.82, 2.24) is 9.47 Å². The van der Waals surface area contributed by atoms with Gasteiger partial charge >= 0.3 is 0 Å². The van der Waals surface area contributed by atoms with E-state index >= 15 is 0 Å². The molecule has 3 unspecified atom stereocenters. The van der Waals surface area contributed by atoms with Gasteiger partial charge < -0.3 is 14.6 Å². The monoisotopic (exact) mass is 260 g/mol. The Kier molecular flexibility index (Phi) is 2.49. The van der Waals surface area contributed by atoms with Gasteiger partial charge in [0, 0.05) is 31.2 Å². The summed E-state index contributed by atoms with van der Waals surface area (Å²) in [6, 6.07) is 4.45. The van der Waals surface area contributed by atoms with Gasteiger partial charge in [0.2, 0.25) is 0 Å². The first-order chi connectivity index (χ1) is 9.24. The summed E-state index contributed by atoms with van der Waals surface area (Å²) in [5, 5.41) is 9.94. The summed E-state index contributed by atoms with van der Waals surface area (Å²) in [6.45, 7) is 1.57. The Morgan fingerprint density at radius 2 is 2.05 bits per heavy atom. The van der Waals surface area contributed by atoms with Crippen molar-refractivity contribution in [3.63, 3.8) is 0 Å². The quantitative estimate of drug-likeness (QED) is 0.879. The van der Waals surface area contributed by atoms with Gasteiger partial charge in [-0.15, -0.1) is 0 Å². The Hall–Kier alpha value is -1.29. The fourth-order valence-electron chi connectivity index (χ4n) is 3.81. The zero-order chi connectivity index (χ0) is 13.0. The van der Waals surface area contributed by atoms with Crippen LogP contribution in [0.1, 0.15) is 42.2 Å². The number of nitrogens with zero attached hydrogens (tertiary/aromatic N) is 2. The van der Waals surface area contributed by atoms with Gasteiger partial charge in [-0.05, 0) is 43.7 Å². The zero-order valence-corrected chi connectivity index (χ0v) is 11.0. The second-order valence-corrected chi connectivity index (χ2v) is 6.31. The summed E-state index contributed by atoms with van der Waals surface area (Å²) in [5.74, 6) is 0.982. The van der Waals surface area contributed by atoms with E-state index in [0.29, 0.717) is 17.9 Å². The number of hydrogen-bond donors (Lipinski definition) is 1. The van der Waals surface area contributed by atoms with Gasteiger partial charge in [0.1, 0.15) is 5.69 Å². The van der Waals surface area contributed by atoms with E-state index in [0.717, 1.165) is 31.6 Å². The molecular weight excluding hydrogens is 240 g/mol. The topological polar surface area (TPSA) is 45.5 Å². The Morgan fingerprint density at radius 1 is 1.21 bits per heavy atom. The first kappa shape index (κ1) is 11.5. The molecule has 0 bridgehead atoms. The van der Waals surface area contributed by atoms with Crippen LogP contribution in [0.25, 0.3) is 0 Å². The molecule has 2 saturated carbocycles. The number of aliphatic hydroxyl groups excluding tert-OH is 1. The average Bonchev–Trinajstić information content (AvgIpc) is 2.88. The molecule has 0 spiro atoms.